The lowest BCUT2D eigenvalue weighted by Crippen LogP contribution is -1.96. The van der Waals surface area contributed by atoms with Gasteiger partial charge in [0.1, 0.15) is 22.8 Å². The van der Waals surface area contributed by atoms with Crippen molar-refractivity contribution in [1.82, 2.24) is 19.1 Å². The second kappa shape index (κ2) is 7.85. The lowest BCUT2D eigenvalue weighted by molar-refractivity contribution is 0.668. The van der Waals surface area contributed by atoms with Crippen LogP contribution in [0.25, 0.3) is 56.1 Å². The summed E-state index contributed by atoms with van der Waals surface area (Å²) in [6.45, 7) is 0. The summed E-state index contributed by atoms with van der Waals surface area (Å²) in [6.07, 6.45) is 7.66. The monoisotopic (exact) mass is 452 g/mol. The average molecular weight is 453 g/mol. The van der Waals surface area contributed by atoms with Crippen molar-refractivity contribution in [3.05, 3.63) is 122 Å². The molecule has 0 radical (unpaired) electrons. The number of hydrogen-bond donors (Lipinski definition) is 0. The second-order valence-electron chi connectivity index (χ2n) is 8.44. The highest BCUT2D eigenvalue weighted by molar-refractivity contribution is 6.06. The van der Waals surface area contributed by atoms with Gasteiger partial charge in [0, 0.05) is 58.1 Å². The molecule has 0 aliphatic rings. The molecule has 0 fully saturated rings. The number of nitrogens with zero attached hydrogens (tertiary/aromatic N) is 4. The summed E-state index contributed by atoms with van der Waals surface area (Å²) < 4.78 is 10.4. The molecule has 7 aromatic rings. The maximum absolute atomic E-state index is 6.18. The number of furan rings is 1. The fraction of sp³-hybridized carbons (Fsp3) is 0. The number of imidazole rings is 2. The van der Waals surface area contributed by atoms with E-state index in [4.69, 9.17) is 4.42 Å². The molecule has 166 valence electrons. The van der Waals surface area contributed by atoms with Gasteiger partial charge >= 0.3 is 0 Å². The zero-order chi connectivity index (χ0) is 23.2. The molecule has 5 nitrogen and oxygen atoms in total. The predicted octanol–water partition coefficient (Wildman–Crippen LogP) is 7.29. The summed E-state index contributed by atoms with van der Waals surface area (Å²) in [5.74, 6) is 1.81. The van der Waals surface area contributed by atoms with Crippen molar-refractivity contribution in [2.45, 2.75) is 0 Å². The van der Waals surface area contributed by atoms with Crippen LogP contribution in [-0.4, -0.2) is 19.1 Å². The highest BCUT2D eigenvalue weighted by Gasteiger charge is 2.14. The van der Waals surface area contributed by atoms with E-state index in [1.165, 1.54) is 0 Å². The second-order valence-corrected chi connectivity index (χ2v) is 8.44. The van der Waals surface area contributed by atoms with Crippen molar-refractivity contribution in [1.29, 1.82) is 0 Å². The Morgan fingerprint density at radius 3 is 1.43 bits per heavy atom. The standard InChI is InChI=1S/C30H20N4O/c1-3-7-21(8-4-1)29-31-15-17-33(29)23-11-13-27-25(19-23)26-20-24(12-14-28(26)35-27)34-18-16-32-30(34)22-9-5-2-6-10-22/h1-20H. The fourth-order valence-corrected chi connectivity index (χ4v) is 4.68. The molecule has 0 N–H and O–H groups in total. The Hall–Kier alpha value is -4.90. The topological polar surface area (TPSA) is 48.8 Å². The van der Waals surface area contributed by atoms with Crippen molar-refractivity contribution >= 4 is 21.9 Å². The highest BCUT2D eigenvalue weighted by Crippen LogP contribution is 2.33. The van der Waals surface area contributed by atoms with Gasteiger partial charge < -0.3 is 4.42 Å². The summed E-state index contributed by atoms with van der Waals surface area (Å²) >= 11 is 0. The van der Waals surface area contributed by atoms with Crippen LogP contribution in [0.3, 0.4) is 0 Å². The van der Waals surface area contributed by atoms with Gasteiger partial charge in [-0.3, -0.25) is 9.13 Å². The third-order valence-electron chi connectivity index (χ3n) is 6.34. The predicted molar refractivity (Wildman–Crippen MR) is 139 cm³/mol. The van der Waals surface area contributed by atoms with E-state index in [-0.39, 0.29) is 0 Å². The Morgan fingerprint density at radius 1 is 0.514 bits per heavy atom. The van der Waals surface area contributed by atoms with E-state index in [1.807, 2.05) is 73.3 Å². The van der Waals surface area contributed by atoms with Crippen LogP contribution in [0.4, 0.5) is 0 Å². The van der Waals surface area contributed by atoms with Gasteiger partial charge in [-0.2, -0.15) is 0 Å². The van der Waals surface area contributed by atoms with Gasteiger partial charge in [0.05, 0.1) is 0 Å². The van der Waals surface area contributed by atoms with E-state index in [0.717, 1.165) is 56.1 Å². The average Bonchev–Trinajstić information content (AvgIpc) is 3.67. The molecule has 7 rings (SSSR count). The molecular formula is C30H20N4O. The first-order valence-electron chi connectivity index (χ1n) is 11.5. The van der Waals surface area contributed by atoms with E-state index in [1.54, 1.807) is 0 Å². The molecule has 0 saturated heterocycles. The third kappa shape index (κ3) is 3.25. The van der Waals surface area contributed by atoms with E-state index >= 15 is 0 Å². The van der Waals surface area contributed by atoms with Crippen molar-refractivity contribution in [2.24, 2.45) is 0 Å². The summed E-state index contributed by atoms with van der Waals surface area (Å²) in [7, 11) is 0. The summed E-state index contributed by atoms with van der Waals surface area (Å²) in [5.41, 5.74) is 5.94. The van der Waals surface area contributed by atoms with E-state index in [0.29, 0.717) is 0 Å². The smallest absolute Gasteiger partial charge is 0.144 e. The van der Waals surface area contributed by atoms with Crippen LogP contribution in [0.2, 0.25) is 0 Å². The lowest BCUT2D eigenvalue weighted by Gasteiger charge is -2.09. The highest BCUT2D eigenvalue weighted by atomic mass is 16.3. The number of benzene rings is 4. The number of fused-ring (bicyclic) bond motifs is 3. The van der Waals surface area contributed by atoms with Crippen LogP contribution in [0.15, 0.2) is 126 Å². The Bertz CT molecular complexity index is 1660. The van der Waals surface area contributed by atoms with E-state index in [9.17, 15) is 0 Å². The van der Waals surface area contributed by atoms with Crippen LogP contribution in [0, 0.1) is 0 Å². The van der Waals surface area contributed by atoms with E-state index in [2.05, 4.69) is 67.6 Å². The third-order valence-corrected chi connectivity index (χ3v) is 6.34. The molecule has 5 heteroatoms. The summed E-state index contributed by atoms with van der Waals surface area (Å²) in [5, 5.41) is 2.13. The zero-order valence-electron chi connectivity index (χ0n) is 18.7. The molecule has 0 atom stereocenters. The van der Waals surface area contributed by atoms with Crippen LogP contribution in [-0.2, 0) is 0 Å². The van der Waals surface area contributed by atoms with Crippen LogP contribution >= 0.6 is 0 Å². The van der Waals surface area contributed by atoms with Gasteiger partial charge in [-0.1, -0.05) is 60.7 Å². The van der Waals surface area contributed by atoms with Gasteiger partial charge in [-0.25, -0.2) is 9.97 Å². The van der Waals surface area contributed by atoms with Crippen molar-refractivity contribution in [3.63, 3.8) is 0 Å². The molecule has 35 heavy (non-hydrogen) atoms. The van der Waals surface area contributed by atoms with Crippen LogP contribution in [0.5, 0.6) is 0 Å². The van der Waals surface area contributed by atoms with Crippen molar-refractivity contribution in [2.75, 3.05) is 0 Å². The molecule has 0 aliphatic carbocycles. The van der Waals surface area contributed by atoms with Crippen molar-refractivity contribution in [3.8, 4) is 34.2 Å². The molecule has 3 heterocycles. The molecule has 0 unspecified atom stereocenters. The molecule has 4 aromatic carbocycles. The Balaban J connectivity index is 1.37. The molecule has 0 spiro atoms. The fourth-order valence-electron chi connectivity index (χ4n) is 4.68. The van der Waals surface area contributed by atoms with Gasteiger partial charge in [-0.05, 0) is 36.4 Å². The largest absolute Gasteiger partial charge is 0.456 e. The van der Waals surface area contributed by atoms with Gasteiger partial charge in [0.2, 0.25) is 0 Å². The quantitative estimate of drug-likeness (QED) is 0.282. The molecule has 0 aliphatic heterocycles. The zero-order valence-corrected chi connectivity index (χ0v) is 18.7. The van der Waals surface area contributed by atoms with Gasteiger partial charge in [-0.15, -0.1) is 0 Å². The Morgan fingerprint density at radius 2 is 0.971 bits per heavy atom. The normalized spacial score (nSPS) is 11.4. The first kappa shape index (κ1) is 19.6. The van der Waals surface area contributed by atoms with Crippen LogP contribution in [0.1, 0.15) is 0 Å². The minimum absolute atomic E-state index is 0.858. The van der Waals surface area contributed by atoms with Gasteiger partial charge in [0.25, 0.3) is 0 Å². The maximum atomic E-state index is 6.18. The first-order chi connectivity index (χ1) is 17.3. The maximum Gasteiger partial charge on any atom is 0.144 e. The molecule has 0 saturated carbocycles. The van der Waals surface area contributed by atoms with Crippen molar-refractivity contribution < 1.29 is 4.42 Å². The Kier molecular flexibility index (Phi) is 4.39. The minimum Gasteiger partial charge on any atom is -0.456 e. The first-order valence-corrected chi connectivity index (χ1v) is 11.5. The Labute approximate surface area is 201 Å². The number of hydrogen-bond acceptors (Lipinski definition) is 3. The number of aromatic nitrogens is 4. The summed E-state index contributed by atoms with van der Waals surface area (Å²) in [4.78, 5) is 9.22. The molecular weight excluding hydrogens is 432 g/mol. The van der Waals surface area contributed by atoms with Gasteiger partial charge in [0.15, 0.2) is 0 Å². The summed E-state index contributed by atoms with van der Waals surface area (Å²) in [6, 6.07) is 33.0. The van der Waals surface area contributed by atoms with Crippen LogP contribution < -0.4 is 0 Å². The molecule has 3 aromatic heterocycles. The molecule has 0 amide bonds. The number of rotatable bonds is 4. The minimum atomic E-state index is 0.858. The SMILES string of the molecule is c1ccc(-c2nccn2-c2ccc3oc4ccc(-n5ccnc5-c5ccccc5)cc4c3c2)cc1. The van der Waals surface area contributed by atoms with E-state index < -0.39 is 0 Å². The lowest BCUT2D eigenvalue weighted by atomic mass is 10.1. The molecule has 0 bridgehead atoms.